The highest BCUT2D eigenvalue weighted by Crippen LogP contribution is 2.36. The van der Waals surface area contributed by atoms with Crippen LogP contribution in [0.1, 0.15) is 12.8 Å². The van der Waals surface area contributed by atoms with E-state index in [1.807, 2.05) is 17.1 Å². The monoisotopic (exact) mass is 446 g/mol. The molecule has 3 aromatic rings. The molecule has 3 heterocycles. The Bertz CT molecular complexity index is 939. The van der Waals surface area contributed by atoms with Crippen molar-refractivity contribution in [2.24, 2.45) is 5.92 Å². The van der Waals surface area contributed by atoms with Crippen LogP contribution >= 0.6 is 15.9 Å². The summed E-state index contributed by atoms with van der Waals surface area (Å²) < 4.78 is 10.9. The Morgan fingerprint density at radius 2 is 2.04 bits per heavy atom. The number of nitrogens with zero attached hydrogens (tertiary/aromatic N) is 4. The molecule has 0 aromatic carbocycles. The van der Waals surface area contributed by atoms with Crippen molar-refractivity contribution in [1.29, 1.82) is 0 Å². The standard InChI is InChI=1S/C20H27BrN4OSi/c1-27(2,3)7-6-26-14-25-12-16(9-23-25)18-13-24(11-15-4-5-15)19-10-22-20(21)8-17(18)19/h8-10,12-13,15H,4-7,11,14H2,1-3H3. The molecule has 1 aliphatic rings. The van der Waals surface area contributed by atoms with Gasteiger partial charge >= 0.3 is 0 Å². The van der Waals surface area contributed by atoms with Crippen molar-refractivity contribution in [3.63, 3.8) is 0 Å². The van der Waals surface area contributed by atoms with Crippen molar-refractivity contribution in [2.45, 2.75) is 51.8 Å². The zero-order valence-electron chi connectivity index (χ0n) is 16.3. The van der Waals surface area contributed by atoms with Gasteiger partial charge in [0.25, 0.3) is 0 Å². The Morgan fingerprint density at radius 1 is 1.22 bits per heavy atom. The summed E-state index contributed by atoms with van der Waals surface area (Å²) in [5.41, 5.74) is 3.53. The molecule has 1 fully saturated rings. The highest BCUT2D eigenvalue weighted by Gasteiger charge is 2.23. The van der Waals surface area contributed by atoms with E-state index in [1.54, 1.807) is 0 Å². The maximum Gasteiger partial charge on any atom is 0.139 e. The second-order valence-corrected chi connectivity index (χ2v) is 15.2. The number of pyridine rings is 1. The molecule has 1 aliphatic carbocycles. The van der Waals surface area contributed by atoms with Crippen LogP contribution in [-0.2, 0) is 18.0 Å². The van der Waals surface area contributed by atoms with Gasteiger partial charge in [0.1, 0.15) is 11.3 Å². The fourth-order valence-corrected chi connectivity index (χ4v) is 4.32. The van der Waals surface area contributed by atoms with Crippen molar-refractivity contribution in [2.75, 3.05) is 6.61 Å². The van der Waals surface area contributed by atoms with Crippen LogP contribution in [0.3, 0.4) is 0 Å². The van der Waals surface area contributed by atoms with E-state index in [4.69, 9.17) is 4.74 Å². The molecule has 1 saturated carbocycles. The molecule has 0 atom stereocenters. The van der Waals surface area contributed by atoms with Crippen molar-refractivity contribution in [3.8, 4) is 11.1 Å². The summed E-state index contributed by atoms with van der Waals surface area (Å²) >= 11 is 3.52. The first kappa shape index (κ1) is 18.9. The van der Waals surface area contributed by atoms with Gasteiger partial charge < -0.3 is 9.30 Å². The number of aromatic nitrogens is 4. The normalized spacial score (nSPS) is 15.0. The van der Waals surface area contributed by atoms with Crippen LogP contribution in [0.5, 0.6) is 0 Å². The van der Waals surface area contributed by atoms with Gasteiger partial charge in [0.2, 0.25) is 0 Å². The summed E-state index contributed by atoms with van der Waals surface area (Å²) in [5.74, 6) is 0.819. The smallest absolute Gasteiger partial charge is 0.139 e. The lowest BCUT2D eigenvalue weighted by molar-refractivity contribution is 0.0786. The van der Waals surface area contributed by atoms with Gasteiger partial charge in [-0.05, 0) is 46.8 Å². The van der Waals surface area contributed by atoms with Gasteiger partial charge in [-0.1, -0.05) is 19.6 Å². The number of fused-ring (bicyclic) bond motifs is 1. The second-order valence-electron chi connectivity index (χ2n) is 8.78. The Kier molecular flexibility index (Phi) is 5.27. The summed E-state index contributed by atoms with van der Waals surface area (Å²) in [4.78, 5) is 4.44. The fourth-order valence-electron chi connectivity index (χ4n) is 3.23. The van der Waals surface area contributed by atoms with E-state index in [2.05, 4.69) is 68.7 Å². The van der Waals surface area contributed by atoms with Crippen LogP contribution in [0.4, 0.5) is 0 Å². The largest absolute Gasteiger partial charge is 0.360 e. The first-order valence-corrected chi connectivity index (χ1v) is 14.1. The van der Waals surface area contributed by atoms with Gasteiger partial charge in [-0.25, -0.2) is 9.67 Å². The second kappa shape index (κ2) is 7.52. The summed E-state index contributed by atoms with van der Waals surface area (Å²) in [6.45, 7) is 9.50. The average Bonchev–Trinajstić information content (AvgIpc) is 3.17. The maximum absolute atomic E-state index is 5.83. The summed E-state index contributed by atoms with van der Waals surface area (Å²) in [5, 5.41) is 5.72. The molecule has 0 aliphatic heterocycles. The molecule has 0 bridgehead atoms. The number of halogens is 1. The molecule has 3 aromatic heterocycles. The molecule has 4 rings (SSSR count). The molecule has 27 heavy (non-hydrogen) atoms. The van der Waals surface area contributed by atoms with Gasteiger partial charge in [0, 0.05) is 50.1 Å². The molecule has 0 amide bonds. The Labute approximate surface area is 169 Å². The van der Waals surface area contributed by atoms with E-state index in [-0.39, 0.29) is 0 Å². The van der Waals surface area contributed by atoms with Gasteiger partial charge in [0.15, 0.2) is 0 Å². The lowest BCUT2D eigenvalue weighted by atomic mass is 10.1. The first-order valence-electron chi connectivity index (χ1n) is 9.64. The maximum atomic E-state index is 5.83. The minimum absolute atomic E-state index is 0.510. The first-order chi connectivity index (χ1) is 12.9. The number of ether oxygens (including phenoxy) is 1. The molecule has 144 valence electrons. The minimum Gasteiger partial charge on any atom is -0.360 e. The Morgan fingerprint density at radius 3 is 2.78 bits per heavy atom. The summed E-state index contributed by atoms with van der Waals surface area (Å²) in [6, 6.07) is 3.28. The molecule has 0 N–H and O–H groups in total. The van der Waals surface area contributed by atoms with E-state index in [0.717, 1.165) is 29.2 Å². The van der Waals surface area contributed by atoms with Crippen molar-refractivity contribution in [3.05, 3.63) is 35.5 Å². The van der Waals surface area contributed by atoms with Crippen LogP contribution in [0.25, 0.3) is 22.0 Å². The van der Waals surface area contributed by atoms with Crippen LogP contribution in [-0.4, -0.2) is 34.0 Å². The third-order valence-corrected chi connectivity index (χ3v) is 7.19. The zero-order chi connectivity index (χ0) is 19.0. The fraction of sp³-hybridized carbons (Fsp3) is 0.500. The van der Waals surface area contributed by atoms with Gasteiger partial charge in [0.05, 0.1) is 17.9 Å². The molecular weight excluding hydrogens is 420 g/mol. The minimum atomic E-state index is -1.05. The number of hydrogen-bond acceptors (Lipinski definition) is 3. The summed E-state index contributed by atoms with van der Waals surface area (Å²) in [6.07, 6.45) is 10.9. The average molecular weight is 447 g/mol. The quantitative estimate of drug-likeness (QED) is 0.264. The van der Waals surface area contributed by atoms with Crippen molar-refractivity contribution < 1.29 is 4.74 Å². The predicted octanol–water partition coefficient (Wildman–Crippen LogP) is 5.38. The molecule has 0 saturated heterocycles. The van der Waals surface area contributed by atoms with Crippen molar-refractivity contribution >= 4 is 34.9 Å². The summed E-state index contributed by atoms with van der Waals surface area (Å²) in [7, 11) is -1.05. The van der Waals surface area contributed by atoms with E-state index in [9.17, 15) is 0 Å². The van der Waals surface area contributed by atoms with E-state index >= 15 is 0 Å². The molecular formula is C20H27BrN4OSi. The highest BCUT2D eigenvalue weighted by molar-refractivity contribution is 9.10. The Hall–Kier alpha value is -1.44. The van der Waals surface area contributed by atoms with Gasteiger partial charge in [-0.3, -0.25) is 0 Å². The highest BCUT2D eigenvalue weighted by atomic mass is 79.9. The number of rotatable bonds is 8. The van der Waals surface area contributed by atoms with E-state index < -0.39 is 8.07 Å². The zero-order valence-corrected chi connectivity index (χ0v) is 18.9. The van der Waals surface area contributed by atoms with E-state index in [1.165, 1.54) is 35.4 Å². The van der Waals surface area contributed by atoms with Crippen LogP contribution < -0.4 is 0 Å². The van der Waals surface area contributed by atoms with E-state index in [0.29, 0.717) is 6.73 Å². The topological polar surface area (TPSA) is 44.9 Å². The van der Waals surface area contributed by atoms with Crippen LogP contribution in [0.15, 0.2) is 35.5 Å². The molecule has 0 radical (unpaired) electrons. The van der Waals surface area contributed by atoms with Gasteiger partial charge in [-0.15, -0.1) is 0 Å². The predicted molar refractivity (Wildman–Crippen MR) is 115 cm³/mol. The van der Waals surface area contributed by atoms with Crippen LogP contribution in [0.2, 0.25) is 25.7 Å². The molecule has 0 spiro atoms. The number of hydrogen-bond donors (Lipinski definition) is 0. The lowest BCUT2D eigenvalue weighted by Gasteiger charge is -2.15. The Balaban J connectivity index is 1.53. The third-order valence-electron chi connectivity index (χ3n) is 5.05. The molecule has 7 heteroatoms. The van der Waals surface area contributed by atoms with Gasteiger partial charge in [-0.2, -0.15) is 5.10 Å². The SMILES string of the molecule is C[Si](C)(C)CCOCn1cc(-c2cn(CC3CC3)c3cnc(Br)cc23)cn1. The lowest BCUT2D eigenvalue weighted by Crippen LogP contribution is -2.22. The third kappa shape index (κ3) is 4.70. The van der Waals surface area contributed by atoms with Crippen molar-refractivity contribution in [1.82, 2.24) is 19.3 Å². The van der Waals surface area contributed by atoms with Crippen LogP contribution in [0, 0.1) is 5.92 Å². The molecule has 0 unspecified atom stereocenters. The molecule has 5 nitrogen and oxygen atoms in total.